The third-order valence-electron chi connectivity index (χ3n) is 1.88. The molecule has 2 rings (SSSR count). The standard InChI is InChI=1S/C8H8BrN3S/c9-2-1-5-3-10-4-6-7(5)12-8(13)11-6/h3-4H,1-2H2,(H2,11,12,13). The van der Waals surface area contributed by atoms with Gasteiger partial charge in [0.1, 0.15) is 0 Å². The predicted molar refractivity (Wildman–Crippen MR) is 58.8 cm³/mol. The molecule has 2 heterocycles. The molecule has 0 aliphatic carbocycles. The van der Waals surface area contributed by atoms with Crippen LogP contribution in [0.15, 0.2) is 12.4 Å². The molecule has 0 atom stereocenters. The highest BCUT2D eigenvalue weighted by Gasteiger charge is 2.02. The zero-order chi connectivity index (χ0) is 9.26. The third kappa shape index (κ3) is 1.66. The molecule has 0 saturated heterocycles. The Morgan fingerprint density at radius 1 is 1.38 bits per heavy atom. The van der Waals surface area contributed by atoms with Gasteiger partial charge in [-0.1, -0.05) is 15.9 Å². The molecule has 0 amide bonds. The van der Waals surface area contributed by atoms with Crippen molar-refractivity contribution in [1.82, 2.24) is 15.0 Å². The largest absolute Gasteiger partial charge is 0.330 e. The molecule has 0 fully saturated rings. The molecular formula is C8H8BrN3S. The van der Waals surface area contributed by atoms with Crippen molar-refractivity contribution in [2.75, 3.05) is 5.33 Å². The first-order valence-corrected chi connectivity index (χ1v) is 5.45. The molecule has 0 bridgehead atoms. The van der Waals surface area contributed by atoms with Gasteiger partial charge in [0.2, 0.25) is 0 Å². The second kappa shape index (κ2) is 3.59. The van der Waals surface area contributed by atoms with E-state index < -0.39 is 0 Å². The van der Waals surface area contributed by atoms with Gasteiger partial charge in [0.15, 0.2) is 4.77 Å². The van der Waals surface area contributed by atoms with Crippen molar-refractivity contribution in [1.29, 1.82) is 0 Å². The average Bonchev–Trinajstić information content (AvgIpc) is 2.47. The van der Waals surface area contributed by atoms with E-state index in [0.717, 1.165) is 22.8 Å². The van der Waals surface area contributed by atoms with Crippen molar-refractivity contribution in [2.45, 2.75) is 6.42 Å². The van der Waals surface area contributed by atoms with E-state index in [4.69, 9.17) is 12.2 Å². The number of rotatable bonds is 2. The molecule has 3 nitrogen and oxygen atoms in total. The van der Waals surface area contributed by atoms with E-state index in [-0.39, 0.29) is 0 Å². The van der Waals surface area contributed by atoms with Crippen LogP contribution in [-0.2, 0) is 6.42 Å². The van der Waals surface area contributed by atoms with Gasteiger partial charge in [-0.15, -0.1) is 0 Å². The summed E-state index contributed by atoms with van der Waals surface area (Å²) in [6, 6.07) is 0. The number of fused-ring (bicyclic) bond motifs is 1. The Balaban J connectivity index is 2.67. The second-order valence-corrected chi connectivity index (χ2v) is 3.94. The van der Waals surface area contributed by atoms with Gasteiger partial charge in [0.25, 0.3) is 0 Å². The number of aromatic nitrogens is 3. The Morgan fingerprint density at radius 2 is 2.23 bits per heavy atom. The van der Waals surface area contributed by atoms with Crippen LogP contribution in [-0.4, -0.2) is 20.3 Å². The SMILES string of the molecule is S=c1[nH]c2cncc(CCBr)c2[nH]1. The van der Waals surface area contributed by atoms with Gasteiger partial charge in [-0.2, -0.15) is 0 Å². The fourth-order valence-electron chi connectivity index (χ4n) is 1.30. The van der Waals surface area contributed by atoms with Crippen molar-refractivity contribution in [2.24, 2.45) is 0 Å². The van der Waals surface area contributed by atoms with Gasteiger partial charge >= 0.3 is 0 Å². The lowest BCUT2D eigenvalue weighted by atomic mass is 10.2. The average molecular weight is 258 g/mol. The summed E-state index contributed by atoms with van der Waals surface area (Å²) in [4.78, 5) is 10.3. The predicted octanol–water partition coefficient (Wildman–Crippen LogP) is 2.56. The number of hydrogen-bond donors (Lipinski definition) is 2. The van der Waals surface area contributed by atoms with Crippen molar-refractivity contribution in [3.8, 4) is 0 Å². The number of alkyl halides is 1. The maximum atomic E-state index is 5.01. The minimum absolute atomic E-state index is 0.652. The summed E-state index contributed by atoms with van der Waals surface area (Å²) < 4.78 is 0.652. The number of halogens is 1. The van der Waals surface area contributed by atoms with E-state index in [1.807, 2.05) is 6.20 Å². The van der Waals surface area contributed by atoms with Crippen molar-refractivity contribution in [3.63, 3.8) is 0 Å². The second-order valence-electron chi connectivity index (χ2n) is 2.74. The lowest BCUT2D eigenvalue weighted by Gasteiger charge is -1.97. The Morgan fingerprint density at radius 3 is 3.00 bits per heavy atom. The molecule has 0 saturated carbocycles. The summed E-state index contributed by atoms with van der Waals surface area (Å²) in [5.41, 5.74) is 3.23. The Bertz CT molecular complexity index is 473. The number of nitrogens with one attached hydrogen (secondary N) is 2. The summed E-state index contributed by atoms with van der Waals surface area (Å²) in [7, 11) is 0. The van der Waals surface area contributed by atoms with Crippen molar-refractivity contribution in [3.05, 3.63) is 22.7 Å². The van der Waals surface area contributed by atoms with Crippen LogP contribution < -0.4 is 0 Å². The fraction of sp³-hybridized carbons (Fsp3) is 0.250. The Labute approximate surface area is 88.7 Å². The first-order valence-electron chi connectivity index (χ1n) is 3.92. The zero-order valence-corrected chi connectivity index (χ0v) is 9.20. The maximum absolute atomic E-state index is 5.01. The topological polar surface area (TPSA) is 44.5 Å². The van der Waals surface area contributed by atoms with Gasteiger partial charge in [-0.05, 0) is 24.2 Å². The normalized spacial score (nSPS) is 10.8. The van der Waals surface area contributed by atoms with Gasteiger partial charge in [-0.3, -0.25) is 4.98 Å². The van der Waals surface area contributed by atoms with Crippen LogP contribution in [0.4, 0.5) is 0 Å². The highest BCUT2D eigenvalue weighted by molar-refractivity contribution is 9.09. The van der Waals surface area contributed by atoms with Crippen LogP contribution in [0.2, 0.25) is 0 Å². The number of H-pyrrole nitrogens is 2. The molecule has 68 valence electrons. The molecule has 2 aromatic rings. The molecule has 2 N–H and O–H groups in total. The zero-order valence-electron chi connectivity index (χ0n) is 6.80. The summed E-state index contributed by atoms with van der Waals surface area (Å²) >= 11 is 8.41. The molecule has 0 aromatic carbocycles. The van der Waals surface area contributed by atoms with Crippen LogP contribution >= 0.6 is 28.1 Å². The lowest BCUT2D eigenvalue weighted by Crippen LogP contribution is -1.89. The fourth-order valence-corrected chi connectivity index (χ4v) is 1.94. The van der Waals surface area contributed by atoms with Crippen molar-refractivity contribution < 1.29 is 0 Å². The van der Waals surface area contributed by atoms with Crippen LogP contribution in [0.3, 0.4) is 0 Å². The third-order valence-corrected chi connectivity index (χ3v) is 2.48. The maximum Gasteiger partial charge on any atom is 0.175 e. The smallest absolute Gasteiger partial charge is 0.175 e. The number of imidazole rings is 1. The molecule has 0 spiro atoms. The minimum atomic E-state index is 0.652. The first kappa shape index (κ1) is 8.90. The molecule has 5 heteroatoms. The molecular weight excluding hydrogens is 250 g/mol. The van der Waals surface area contributed by atoms with Crippen LogP contribution in [0.25, 0.3) is 11.0 Å². The van der Waals surface area contributed by atoms with Gasteiger partial charge < -0.3 is 9.97 Å². The van der Waals surface area contributed by atoms with Crippen LogP contribution in [0, 0.1) is 4.77 Å². The highest BCUT2D eigenvalue weighted by Crippen LogP contribution is 2.14. The molecule has 0 aliphatic rings. The van der Waals surface area contributed by atoms with Gasteiger partial charge in [0, 0.05) is 11.5 Å². The van der Waals surface area contributed by atoms with E-state index >= 15 is 0 Å². The summed E-state index contributed by atoms with van der Waals surface area (Å²) in [5.74, 6) is 0. The minimum Gasteiger partial charge on any atom is -0.330 e. The van der Waals surface area contributed by atoms with Crippen LogP contribution in [0.5, 0.6) is 0 Å². The molecule has 0 radical (unpaired) electrons. The van der Waals surface area contributed by atoms with Crippen molar-refractivity contribution >= 4 is 39.2 Å². The first-order chi connectivity index (χ1) is 6.31. The summed E-state index contributed by atoms with van der Waals surface area (Å²) in [6.45, 7) is 0. The van der Waals surface area contributed by atoms with E-state index in [1.54, 1.807) is 6.20 Å². The van der Waals surface area contributed by atoms with E-state index in [2.05, 4.69) is 30.9 Å². The monoisotopic (exact) mass is 257 g/mol. The van der Waals surface area contributed by atoms with E-state index in [0.29, 0.717) is 4.77 Å². The molecule has 13 heavy (non-hydrogen) atoms. The summed E-state index contributed by atoms with van der Waals surface area (Å²) in [5, 5.41) is 0.930. The number of aryl methyl sites for hydroxylation is 1. The molecule has 0 unspecified atom stereocenters. The lowest BCUT2D eigenvalue weighted by molar-refractivity contribution is 1.14. The van der Waals surface area contributed by atoms with Gasteiger partial charge in [0.05, 0.1) is 17.2 Å². The quantitative estimate of drug-likeness (QED) is 0.642. The summed E-state index contributed by atoms with van der Waals surface area (Å²) in [6.07, 6.45) is 4.59. The molecule has 2 aromatic heterocycles. The Kier molecular flexibility index (Phi) is 2.46. The molecule has 0 aliphatic heterocycles. The number of nitrogens with zero attached hydrogens (tertiary/aromatic N) is 1. The van der Waals surface area contributed by atoms with Gasteiger partial charge in [-0.25, -0.2) is 0 Å². The number of hydrogen-bond acceptors (Lipinski definition) is 2. The number of pyridine rings is 1. The Hall–Kier alpha value is -0.680. The van der Waals surface area contributed by atoms with E-state index in [1.165, 1.54) is 5.56 Å². The highest BCUT2D eigenvalue weighted by atomic mass is 79.9. The van der Waals surface area contributed by atoms with Crippen LogP contribution in [0.1, 0.15) is 5.56 Å². The number of aromatic amines is 2. The van der Waals surface area contributed by atoms with E-state index in [9.17, 15) is 0 Å².